The Balaban J connectivity index is 2.94. The highest BCUT2D eigenvalue weighted by Gasteiger charge is 2.18. The molecule has 0 saturated carbocycles. The predicted molar refractivity (Wildman–Crippen MR) is 81.3 cm³/mol. The van der Waals surface area contributed by atoms with Gasteiger partial charge in [-0.25, -0.2) is 14.2 Å². The summed E-state index contributed by atoms with van der Waals surface area (Å²) < 4.78 is 15.7. The van der Waals surface area contributed by atoms with Gasteiger partial charge < -0.3 is 9.67 Å². The van der Waals surface area contributed by atoms with Crippen molar-refractivity contribution >= 4 is 22.8 Å². The maximum absolute atomic E-state index is 12.9. The molecule has 2 aromatic heterocycles. The number of carboxylic acids is 1. The van der Waals surface area contributed by atoms with E-state index in [0.717, 1.165) is 4.57 Å². The number of hydrogen-bond acceptors (Lipinski definition) is 3. The van der Waals surface area contributed by atoms with Crippen molar-refractivity contribution in [2.45, 2.75) is 6.92 Å². The molecular formula is C15H14FN3O3. The minimum atomic E-state index is -1.35. The topological polar surface area (TPSA) is 77.1 Å². The maximum Gasteiger partial charge on any atom is 0.341 e. The molecule has 22 heavy (non-hydrogen) atoms. The van der Waals surface area contributed by atoms with Gasteiger partial charge in [0.25, 0.3) is 5.56 Å². The SMILES string of the molecule is C=C/C(=C\C=C(/C)F)n1c(=O)c(C(=O)O)cc2ncn(C)c21. The molecule has 2 aromatic rings. The van der Waals surface area contributed by atoms with Gasteiger partial charge in [0.05, 0.1) is 17.9 Å². The maximum atomic E-state index is 12.9. The summed E-state index contributed by atoms with van der Waals surface area (Å²) in [6.07, 6.45) is 5.32. The Kier molecular flexibility index (Phi) is 4.07. The van der Waals surface area contributed by atoms with Gasteiger partial charge in [0.15, 0.2) is 0 Å². The van der Waals surface area contributed by atoms with Crippen LogP contribution in [0.4, 0.5) is 4.39 Å². The Morgan fingerprint density at radius 1 is 1.45 bits per heavy atom. The van der Waals surface area contributed by atoms with Crippen molar-refractivity contribution in [1.82, 2.24) is 14.1 Å². The normalized spacial score (nSPS) is 12.7. The Hall–Kier alpha value is -2.96. The molecule has 0 aromatic carbocycles. The smallest absolute Gasteiger partial charge is 0.341 e. The van der Waals surface area contributed by atoms with Crippen molar-refractivity contribution in [3.63, 3.8) is 0 Å². The molecule has 114 valence electrons. The molecule has 2 heterocycles. The number of hydrogen-bond donors (Lipinski definition) is 1. The number of carboxylic acid groups (broad SMARTS) is 1. The van der Waals surface area contributed by atoms with E-state index in [9.17, 15) is 14.0 Å². The van der Waals surface area contributed by atoms with E-state index in [1.807, 2.05) is 0 Å². The first-order valence-corrected chi connectivity index (χ1v) is 6.34. The molecule has 2 rings (SSSR count). The summed E-state index contributed by atoms with van der Waals surface area (Å²) in [6, 6.07) is 1.22. The summed E-state index contributed by atoms with van der Waals surface area (Å²) >= 11 is 0. The van der Waals surface area contributed by atoms with Crippen LogP contribution in [0.15, 0.2) is 47.8 Å². The molecule has 0 aliphatic rings. The Morgan fingerprint density at radius 2 is 2.14 bits per heavy atom. The van der Waals surface area contributed by atoms with Gasteiger partial charge in [0.2, 0.25) is 0 Å². The van der Waals surface area contributed by atoms with E-state index in [-0.39, 0.29) is 5.70 Å². The molecule has 0 fully saturated rings. The number of allylic oxidation sites excluding steroid dienone is 5. The number of carbonyl (C=O) groups is 1. The van der Waals surface area contributed by atoms with Crippen molar-refractivity contribution in [3.05, 3.63) is 58.9 Å². The summed E-state index contributed by atoms with van der Waals surface area (Å²) in [6.45, 7) is 4.85. The third-order valence-corrected chi connectivity index (χ3v) is 3.04. The van der Waals surface area contributed by atoms with Crippen LogP contribution in [0.2, 0.25) is 0 Å². The number of fused-ring (bicyclic) bond motifs is 1. The van der Waals surface area contributed by atoms with E-state index in [4.69, 9.17) is 5.11 Å². The van der Waals surface area contributed by atoms with Gasteiger partial charge >= 0.3 is 5.97 Å². The van der Waals surface area contributed by atoms with E-state index in [0.29, 0.717) is 11.2 Å². The Bertz CT molecular complexity index is 883. The van der Waals surface area contributed by atoms with Gasteiger partial charge in [-0.15, -0.1) is 0 Å². The standard InChI is InChI=1S/C15H14FN3O3/c1-4-10(6-5-9(2)16)19-13-12(17-8-18(13)3)7-11(14(19)20)15(21)22/h4-8H,1H2,2-3H3,(H,21,22)/b9-5+,10-6+. The molecule has 7 heteroatoms. The summed E-state index contributed by atoms with van der Waals surface area (Å²) in [7, 11) is 1.67. The van der Waals surface area contributed by atoms with Gasteiger partial charge in [-0.1, -0.05) is 6.58 Å². The molecule has 0 atom stereocenters. The van der Waals surface area contributed by atoms with E-state index < -0.39 is 22.9 Å². The van der Waals surface area contributed by atoms with Crippen molar-refractivity contribution < 1.29 is 14.3 Å². The number of aryl methyl sites for hydroxylation is 1. The van der Waals surface area contributed by atoms with Crippen LogP contribution in [-0.4, -0.2) is 25.2 Å². The van der Waals surface area contributed by atoms with Crippen LogP contribution in [0.3, 0.4) is 0 Å². The molecule has 0 amide bonds. The van der Waals surface area contributed by atoms with Crippen LogP contribution in [0.5, 0.6) is 0 Å². The van der Waals surface area contributed by atoms with Crippen LogP contribution in [-0.2, 0) is 7.05 Å². The fraction of sp³-hybridized carbons (Fsp3) is 0.133. The lowest BCUT2D eigenvalue weighted by molar-refractivity contribution is 0.0695. The molecule has 0 saturated heterocycles. The number of aromatic nitrogens is 3. The molecule has 0 aliphatic carbocycles. The second kappa shape index (κ2) is 5.80. The highest BCUT2D eigenvalue weighted by molar-refractivity contribution is 5.92. The summed E-state index contributed by atoms with van der Waals surface area (Å²) in [5, 5.41) is 9.16. The number of nitrogens with zero attached hydrogens (tertiary/aromatic N) is 3. The first-order valence-electron chi connectivity index (χ1n) is 6.34. The van der Waals surface area contributed by atoms with Gasteiger partial charge in [0, 0.05) is 7.05 Å². The number of rotatable bonds is 4. The van der Waals surface area contributed by atoms with Crippen molar-refractivity contribution in [1.29, 1.82) is 0 Å². The van der Waals surface area contributed by atoms with Gasteiger partial charge in [-0.05, 0) is 31.2 Å². The Labute approximate surface area is 125 Å². The number of pyridine rings is 1. The largest absolute Gasteiger partial charge is 0.477 e. The highest BCUT2D eigenvalue weighted by Crippen LogP contribution is 2.17. The quantitative estimate of drug-likeness (QED) is 0.879. The van der Waals surface area contributed by atoms with Crippen LogP contribution < -0.4 is 5.56 Å². The van der Waals surface area contributed by atoms with Crippen LogP contribution in [0, 0.1) is 0 Å². The minimum absolute atomic E-state index is 0.249. The van der Waals surface area contributed by atoms with Gasteiger partial charge in [-0.2, -0.15) is 0 Å². The zero-order chi connectivity index (χ0) is 16.4. The minimum Gasteiger partial charge on any atom is -0.477 e. The van der Waals surface area contributed by atoms with Gasteiger partial charge in [-0.3, -0.25) is 9.36 Å². The van der Waals surface area contributed by atoms with E-state index in [1.165, 1.54) is 37.5 Å². The molecule has 0 spiro atoms. The third-order valence-electron chi connectivity index (χ3n) is 3.04. The third kappa shape index (κ3) is 2.60. The molecule has 6 nitrogen and oxygen atoms in total. The zero-order valence-electron chi connectivity index (χ0n) is 12.1. The number of aromatic carboxylic acids is 1. The van der Waals surface area contributed by atoms with Crippen LogP contribution in [0.25, 0.3) is 16.9 Å². The Morgan fingerprint density at radius 3 is 2.68 bits per heavy atom. The predicted octanol–water partition coefficient (Wildman–Crippen LogP) is 2.33. The lowest BCUT2D eigenvalue weighted by atomic mass is 10.2. The monoisotopic (exact) mass is 303 g/mol. The summed E-state index contributed by atoms with van der Waals surface area (Å²) in [5.41, 5.74) is -0.169. The average Bonchev–Trinajstić information content (AvgIpc) is 2.81. The molecular weight excluding hydrogens is 289 g/mol. The summed E-state index contributed by atoms with van der Waals surface area (Å²) in [5.74, 6) is -1.81. The second-order valence-electron chi connectivity index (χ2n) is 4.62. The molecule has 0 unspecified atom stereocenters. The molecule has 0 bridgehead atoms. The van der Waals surface area contributed by atoms with Crippen LogP contribution >= 0.6 is 0 Å². The highest BCUT2D eigenvalue weighted by atomic mass is 19.1. The van der Waals surface area contributed by atoms with Crippen molar-refractivity contribution in [3.8, 4) is 0 Å². The number of imidazole rings is 1. The summed E-state index contributed by atoms with van der Waals surface area (Å²) in [4.78, 5) is 27.8. The fourth-order valence-corrected chi connectivity index (χ4v) is 2.06. The van der Waals surface area contributed by atoms with Crippen LogP contribution in [0.1, 0.15) is 17.3 Å². The van der Waals surface area contributed by atoms with Crippen molar-refractivity contribution in [2.24, 2.45) is 7.05 Å². The molecule has 0 aliphatic heterocycles. The molecule has 0 radical (unpaired) electrons. The zero-order valence-corrected chi connectivity index (χ0v) is 12.1. The first kappa shape index (κ1) is 15.4. The lowest BCUT2D eigenvalue weighted by Crippen LogP contribution is -2.26. The first-order chi connectivity index (χ1) is 10.4. The van der Waals surface area contributed by atoms with E-state index >= 15 is 0 Å². The second-order valence-corrected chi connectivity index (χ2v) is 4.62. The van der Waals surface area contributed by atoms with E-state index in [2.05, 4.69) is 11.6 Å². The van der Waals surface area contributed by atoms with Crippen molar-refractivity contribution in [2.75, 3.05) is 0 Å². The van der Waals surface area contributed by atoms with E-state index in [1.54, 1.807) is 11.6 Å². The number of halogens is 1. The lowest BCUT2D eigenvalue weighted by Gasteiger charge is -2.11. The molecule has 1 N–H and O–H groups in total. The fourth-order valence-electron chi connectivity index (χ4n) is 2.06. The average molecular weight is 303 g/mol. The van der Waals surface area contributed by atoms with Gasteiger partial charge in [0.1, 0.15) is 16.7 Å².